The van der Waals surface area contributed by atoms with Crippen LogP contribution in [0, 0.1) is 18.3 Å². The number of aryl methyl sites for hydroxylation is 1. The van der Waals surface area contributed by atoms with Gasteiger partial charge in [-0.25, -0.2) is 8.42 Å². The van der Waals surface area contributed by atoms with Gasteiger partial charge in [0.15, 0.2) is 0 Å². The summed E-state index contributed by atoms with van der Waals surface area (Å²) in [4.78, 5) is 12.5. The summed E-state index contributed by atoms with van der Waals surface area (Å²) in [7, 11) is -3.90. The first-order valence-electron chi connectivity index (χ1n) is 8.49. The van der Waals surface area contributed by atoms with Gasteiger partial charge >= 0.3 is 0 Å². The van der Waals surface area contributed by atoms with Gasteiger partial charge in [-0.05, 0) is 76.9 Å². The van der Waals surface area contributed by atoms with Crippen LogP contribution in [0.5, 0.6) is 0 Å². The van der Waals surface area contributed by atoms with Crippen molar-refractivity contribution >= 4 is 43.2 Å². The topological polar surface area (TPSA) is 99.1 Å². The normalized spacial score (nSPS) is 10.8. The van der Waals surface area contributed by atoms with E-state index in [4.69, 9.17) is 5.26 Å². The summed E-state index contributed by atoms with van der Waals surface area (Å²) in [5, 5.41) is 11.6. The standard InChI is InChI=1S/C21H16BrN3O3S/c1-14-8-9-19(22)20(10-14)25-29(27,28)18-7-3-5-16(12-18)21(26)24-17-6-2-4-15(11-17)13-23/h2-12,25H,1H3,(H,24,26). The molecule has 0 bridgehead atoms. The van der Waals surface area contributed by atoms with Crippen molar-refractivity contribution in [1.82, 2.24) is 0 Å². The van der Waals surface area contributed by atoms with E-state index in [0.717, 1.165) is 5.56 Å². The van der Waals surface area contributed by atoms with Gasteiger partial charge in [0.1, 0.15) is 0 Å². The van der Waals surface area contributed by atoms with E-state index in [1.54, 1.807) is 30.3 Å². The maximum Gasteiger partial charge on any atom is 0.261 e. The number of hydrogen-bond donors (Lipinski definition) is 2. The van der Waals surface area contributed by atoms with E-state index in [1.165, 1.54) is 30.3 Å². The first-order chi connectivity index (χ1) is 13.8. The number of sulfonamides is 1. The molecular weight excluding hydrogens is 454 g/mol. The highest BCUT2D eigenvalue weighted by molar-refractivity contribution is 9.10. The number of nitriles is 1. The molecule has 8 heteroatoms. The Morgan fingerprint density at radius 3 is 2.55 bits per heavy atom. The molecule has 3 aromatic rings. The predicted octanol–water partition coefficient (Wildman–Crippen LogP) is 4.68. The van der Waals surface area contributed by atoms with Crippen LogP contribution in [0.2, 0.25) is 0 Å². The molecule has 0 atom stereocenters. The van der Waals surface area contributed by atoms with Gasteiger partial charge in [-0.3, -0.25) is 9.52 Å². The van der Waals surface area contributed by atoms with Crippen molar-refractivity contribution in [3.05, 3.63) is 87.9 Å². The summed E-state index contributed by atoms with van der Waals surface area (Å²) >= 11 is 3.33. The molecule has 6 nitrogen and oxygen atoms in total. The van der Waals surface area contributed by atoms with E-state index in [-0.39, 0.29) is 10.5 Å². The van der Waals surface area contributed by atoms with Crippen LogP contribution in [0.25, 0.3) is 0 Å². The van der Waals surface area contributed by atoms with Crippen LogP contribution >= 0.6 is 15.9 Å². The minimum atomic E-state index is -3.90. The van der Waals surface area contributed by atoms with Gasteiger partial charge in [-0.1, -0.05) is 18.2 Å². The van der Waals surface area contributed by atoms with Crippen LogP contribution in [0.3, 0.4) is 0 Å². The van der Waals surface area contributed by atoms with E-state index in [9.17, 15) is 13.2 Å². The van der Waals surface area contributed by atoms with Gasteiger partial charge in [-0.2, -0.15) is 5.26 Å². The lowest BCUT2D eigenvalue weighted by Gasteiger charge is -2.12. The summed E-state index contributed by atoms with van der Waals surface area (Å²) in [6.45, 7) is 1.86. The Kier molecular flexibility index (Phi) is 6.01. The van der Waals surface area contributed by atoms with Crippen molar-refractivity contribution in [3.63, 3.8) is 0 Å². The molecule has 1 amide bonds. The van der Waals surface area contributed by atoms with E-state index >= 15 is 0 Å². The van der Waals surface area contributed by atoms with E-state index in [0.29, 0.717) is 21.4 Å². The largest absolute Gasteiger partial charge is 0.322 e. The van der Waals surface area contributed by atoms with Crippen molar-refractivity contribution in [1.29, 1.82) is 5.26 Å². The maximum atomic E-state index is 12.8. The Morgan fingerprint density at radius 1 is 1.03 bits per heavy atom. The van der Waals surface area contributed by atoms with Gasteiger partial charge in [0.25, 0.3) is 15.9 Å². The molecule has 0 aliphatic carbocycles. The zero-order chi connectivity index (χ0) is 21.0. The van der Waals surface area contributed by atoms with Gasteiger partial charge in [-0.15, -0.1) is 0 Å². The van der Waals surface area contributed by atoms with E-state index in [2.05, 4.69) is 26.0 Å². The number of amides is 1. The number of carbonyl (C=O) groups is 1. The second-order valence-electron chi connectivity index (χ2n) is 6.26. The van der Waals surface area contributed by atoms with Gasteiger partial charge < -0.3 is 5.32 Å². The zero-order valence-electron chi connectivity index (χ0n) is 15.3. The second-order valence-corrected chi connectivity index (χ2v) is 8.80. The van der Waals surface area contributed by atoms with Crippen molar-refractivity contribution in [2.24, 2.45) is 0 Å². The Labute approximate surface area is 177 Å². The third-order valence-corrected chi connectivity index (χ3v) is 6.08. The first kappa shape index (κ1) is 20.6. The first-order valence-corrected chi connectivity index (χ1v) is 10.8. The number of hydrogen-bond acceptors (Lipinski definition) is 4. The molecule has 0 aliphatic rings. The number of nitrogens with zero attached hydrogens (tertiary/aromatic N) is 1. The summed E-state index contributed by atoms with van der Waals surface area (Å²) < 4.78 is 28.7. The monoisotopic (exact) mass is 469 g/mol. The zero-order valence-corrected chi connectivity index (χ0v) is 17.7. The third kappa shape index (κ3) is 5.02. The minimum Gasteiger partial charge on any atom is -0.322 e. The molecule has 146 valence electrons. The molecule has 0 aromatic heterocycles. The highest BCUT2D eigenvalue weighted by atomic mass is 79.9. The fourth-order valence-electron chi connectivity index (χ4n) is 2.60. The predicted molar refractivity (Wildman–Crippen MR) is 115 cm³/mol. The van der Waals surface area contributed by atoms with Crippen molar-refractivity contribution in [2.45, 2.75) is 11.8 Å². The average Bonchev–Trinajstić information content (AvgIpc) is 2.71. The van der Waals surface area contributed by atoms with E-state index in [1.807, 2.05) is 19.1 Å². The van der Waals surface area contributed by atoms with Gasteiger partial charge in [0, 0.05) is 15.7 Å². The number of benzene rings is 3. The lowest BCUT2D eigenvalue weighted by Crippen LogP contribution is -2.16. The Bertz CT molecular complexity index is 1230. The molecule has 0 fully saturated rings. The van der Waals surface area contributed by atoms with Crippen molar-refractivity contribution in [3.8, 4) is 6.07 Å². The number of halogens is 1. The molecule has 0 radical (unpaired) electrons. The molecule has 0 unspecified atom stereocenters. The van der Waals surface area contributed by atoms with Gasteiger partial charge in [0.2, 0.25) is 0 Å². The smallest absolute Gasteiger partial charge is 0.261 e. The lowest BCUT2D eigenvalue weighted by atomic mass is 10.2. The highest BCUT2D eigenvalue weighted by Gasteiger charge is 2.18. The molecule has 0 spiro atoms. The van der Waals surface area contributed by atoms with Crippen LogP contribution in [-0.4, -0.2) is 14.3 Å². The summed E-state index contributed by atoms with van der Waals surface area (Å²) in [6.07, 6.45) is 0. The van der Waals surface area contributed by atoms with Crippen LogP contribution in [0.1, 0.15) is 21.5 Å². The summed E-state index contributed by atoms with van der Waals surface area (Å²) in [6, 6.07) is 19.5. The molecule has 3 aromatic carbocycles. The average molecular weight is 470 g/mol. The Morgan fingerprint density at radius 2 is 1.79 bits per heavy atom. The molecule has 0 saturated carbocycles. The fraction of sp³-hybridized carbons (Fsp3) is 0.0476. The second kappa shape index (κ2) is 8.47. The molecule has 0 saturated heterocycles. The number of anilines is 2. The molecule has 2 N–H and O–H groups in total. The van der Waals surface area contributed by atoms with Crippen molar-refractivity contribution < 1.29 is 13.2 Å². The quantitative estimate of drug-likeness (QED) is 0.566. The van der Waals surface area contributed by atoms with Gasteiger partial charge in [0.05, 0.1) is 22.2 Å². The van der Waals surface area contributed by atoms with E-state index < -0.39 is 15.9 Å². The molecule has 3 rings (SSSR count). The Hall–Kier alpha value is -3.15. The van der Waals surface area contributed by atoms with Crippen LogP contribution in [-0.2, 0) is 10.0 Å². The SMILES string of the molecule is Cc1ccc(Br)c(NS(=O)(=O)c2cccc(C(=O)Nc3cccc(C#N)c3)c2)c1. The Balaban J connectivity index is 1.85. The highest BCUT2D eigenvalue weighted by Crippen LogP contribution is 2.26. The lowest BCUT2D eigenvalue weighted by molar-refractivity contribution is 0.102. The van der Waals surface area contributed by atoms with Crippen molar-refractivity contribution in [2.75, 3.05) is 10.0 Å². The number of nitrogens with one attached hydrogen (secondary N) is 2. The molecule has 0 aliphatic heterocycles. The number of carbonyl (C=O) groups excluding carboxylic acids is 1. The van der Waals surface area contributed by atoms with Crippen LogP contribution in [0.15, 0.2) is 76.1 Å². The molecular formula is C21H16BrN3O3S. The minimum absolute atomic E-state index is 0.0377. The third-order valence-electron chi connectivity index (χ3n) is 4.02. The number of rotatable bonds is 5. The molecule has 0 heterocycles. The van der Waals surface area contributed by atoms with Crippen LogP contribution in [0.4, 0.5) is 11.4 Å². The fourth-order valence-corrected chi connectivity index (χ4v) is 4.19. The summed E-state index contributed by atoms with van der Waals surface area (Å²) in [5.74, 6) is -0.478. The van der Waals surface area contributed by atoms with Crippen LogP contribution < -0.4 is 10.0 Å². The maximum absolute atomic E-state index is 12.8. The summed E-state index contributed by atoms with van der Waals surface area (Å²) in [5.41, 5.74) is 2.35. The molecule has 29 heavy (non-hydrogen) atoms.